The fourth-order valence-corrected chi connectivity index (χ4v) is 4.77. The number of aromatic amines is 1. The van der Waals surface area contributed by atoms with Crippen LogP contribution in [-0.4, -0.2) is 47.9 Å². The van der Waals surface area contributed by atoms with Crippen molar-refractivity contribution in [3.05, 3.63) is 57.9 Å². The van der Waals surface area contributed by atoms with Crippen molar-refractivity contribution in [1.29, 1.82) is 0 Å². The molecule has 0 aliphatic rings. The fraction of sp³-hybridized carbons (Fsp3) is 0.200. The zero-order valence-electron chi connectivity index (χ0n) is 16.9. The predicted molar refractivity (Wildman–Crippen MR) is 110 cm³/mol. The van der Waals surface area contributed by atoms with Crippen molar-refractivity contribution in [2.24, 2.45) is 0 Å². The Morgan fingerprint density at radius 1 is 1.19 bits per heavy atom. The number of esters is 1. The number of carbonyl (C=O) groups excluding carboxylic acids is 1. The van der Waals surface area contributed by atoms with Gasteiger partial charge < -0.3 is 9.47 Å². The molecule has 0 atom stereocenters. The van der Waals surface area contributed by atoms with E-state index >= 15 is 0 Å². The van der Waals surface area contributed by atoms with Crippen LogP contribution in [0.25, 0.3) is 16.6 Å². The average molecular weight is 442 g/mol. The molecule has 31 heavy (non-hydrogen) atoms. The summed E-state index contributed by atoms with van der Waals surface area (Å²) in [6.45, 7) is 3.45. The number of hydrogen-bond donors (Lipinski definition) is 1. The smallest absolute Gasteiger partial charge is 0.338 e. The summed E-state index contributed by atoms with van der Waals surface area (Å²) < 4.78 is 38.1. The van der Waals surface area contributed by atoms with Crippen molar-refractivity contribution in [2.75, 3.05) is 13.7 Å². The number of benzene rings is 2. The van der Waals surface area contributed by atoms with Crippen LogP contribution in [0.15, 0.2) is 51.1 Å². The van der Waals surface area contributed by atoms with Crippen LogP contribution >= 0.6 is 0 Å². The molecule has 0 aliphatic heterocycles. The Bertz CT molecular complexity index is 1500. The highest BCUT2D eigenvalue weighted by Gasteiger charge is 2.28. The minimum Gasteiger partial charge on any atom is -0.497 e. The Morgan fingerprint density at radius 2 is 1.97 bits per heavy atom. The Morgan fingerprint density at radius 3 is 2.65 bits per heavy atom. The lowest BCUT2D eigenvalue weighted by Crippen LogP contribution is -2.13. The molecular formula is C20H18N4O6S. The second-order valence-electron chi connectivity index (χ2n) is 6.68. The summed E-state index contributed by atoms with van der Waals surface area (Å²) in [7, 11) is -2.68. The molecular weight excluding hydrogens is 424 g/mol. The number of nitrogens with zero attached hydrogens (tertiary/aromatic N) is 3. The van der Waals surface area contributed by atoms with E-state index in [1.807, 2.05) is 0 Å². The van der Waals surface area contributed by atoms with E-state index in [4.69, 9.17) is 9.47 Å². The Hall–Kier alpha value is -3.73. The molecule has 11 heteroatoms. The monoisotopic (exact) mass is 442 g/mol. The molecule has 1 N–H and O–H groups in total. The number of aromatic nitrogens is 4. The molecule has 2 heterocycles. The predicted octanol–water partition coefficient (Wildman–Crippen LogP) is 1.90. The largest absolute Gasteiger partial charge is 0.497 e. The number of sulfone groups is 1. The number of ether oxygens (including phenoxy) is 2. The van der Waals surface area contributed by atoms with Gasteiger partial charge in [0.1, 0.15) is 5.75 Å². The van der Waals surface area contributed by atoms with Crippen molar-refractivity contribution in [3.8, 4) is 5.75 Å². The molecule has 0 bridgehead atoms. The summed E-state index contributed by atoms with van der Waals surface area (Å²) in [5.74, 6) is -0.0651. The number of nitrogens with one attached hydrogen (secondary N) is 1. The molecule has 0 amide bonds. The van der Waals surface area contributed by atoms with Gasteiger partial charge in [-0.25, -0.2) is 22.9 Å². The van der Waals surface area contributed by atoms with Gasteiger partial charge in [-0.05, 0) is 49.7 Å². The van der Waals surface area contributed by atoms with Crippen LogP contribution in [0.4, 0.5) is 0 Å². The summed E-state index contributed by atoms with van der Waals surface area (Å²) in [5.41, 5.74) is 0.205. The summed E-state index contributed by atoms with van der Waals surface area (Å²) >= 11 is 0. The molecule has 0 radical (unpaired) electrons. The maximum atomic E-state index is 13.3. The summed E-state index contributed by atoms with van der Waals surface area (Å²) in [4.78, 5) is 28.3. The number of H-pyrrole nitrogens is 1. The van der Waals surface area contributed by atoms with Crippen LogP contribution in [0.3, 0.4) is 0 Å². The van der Waals surface area contributed by atoms with Crippen LogP contribution in [0.2, 0.25) is 0 Å². The molecule has 160 valence electrons. The third-order valence-corrected chi connectivity index (χ3v) is 6.59. The van der Waals surface area contributed by atoms with Crippen molar-refractivity contribution in [1.82, 2.24) is 19.8 Å². The van der Waals surface area contributed by atoms with Crippen molar-refractivity contribution in [3.63, 3.8) is 0 Å². The molecule has 0 aliphatic carbocycles. The van der Waals surface area contributed by atoms with Crippen LogP contribution in [0, 0.1) is 6.92 Å². The minimum atomic E-state index is -4.16. The number of aryl methyl sites for hydroxylation is 1. The van der Waals surface area contributed by atoms with Gasteiger partial charge in [-0.3, -0.25) is 4.79 Å². The van der Waals surface area contributed by atoms with E-state index in [1.165, 1.54) is 29.8 Å². The average Bonchev–Trinajstić information content (AvgIpc) is 3.18. The van der Waals surface area contributed by atoms with Crippen LogP contribution in [0.5, 0.6) is 5.75 Å². The number of carbonyl (C=O) groups is 1. The fourth-order valence-electron chi connectivity index (χ4n) is 3.29. The van der Waals surface area contributed by atoms with E-state index in [0.29, 0.717) is 16.8 Å². The van der Waals surface area contributed by atoms with E-state index in [0.717, 1.165) is 0 Å². The first-order chi connectivity index (χ1) is 14.8. The summed E-state index contributed by atoms with van der Waals surface area (Å²) in [6.07, 6.45) is 0. The van der Waals surface area contributed by atoms with Crippen molar-refractivity contribution < 1.29 is 22.7 Å². The molecule has 0 spiro atoms. The molecule has 2 aromatic heterocycles. The van der Waals surface area contributed by atoms with Gasteiger partial charge in [0.15, 0.2) is 5.65 Å². The molecule has 4 rings (SSSR count). The third-order valence-electron chi connectivity index (χ3n) is 4.77. The lowest BCUT2D eigenvalue weighted by Gasteiger charge is -2.08. The quantitative estimate of drug-likeness (QED) is 0.463. The number of methoxy groups -OCH3 is 1. The zero-order valence-corrected chi connectivity index (χ0v) is 17.7. The van der Waals surface area contributed by atoms with Crippen molar-refractivity contribution >= 4 is 32.4 Å². The summed E-state index contributed by atoms with van der Waals surface area (Å²) in [6, 6.07) is 8.85. The first-order valence-corrected chi connectivity index (χ1v) is 10.7. The number of rotatable bonds is 5. The van der Waals surface area contributed by atoms with E-state index < -0.39 is 26.4 Å². The Balaban J connectivity index is 1.90. The highest BCUT2D eigenvalue weighted by atomic mass is 32.2. The number of fused-ring (bicyclic) bond motifs is 3. The molecule has 10 nitrogen and oxygen atoms in total. The minimum absolute atomic E-state index is 0.0606. The topological polar surface area (TPSA) is 133 Å². The molecule has 0 fully saturated rings. The van der Waals surface area contributed by atoms with E-state index in [9.17, 15) is 18.0 Å². The molecule has 4 aromatic rings. The van der Waals surface area contributed by atoms with E-state index in [-0.39, 0.29) is 28.1 Å². The second kappa shape index (κ2) is 7.51. The molecule has 0 saturated carbocycles. The van der Waals surface area contributed by atoms with Gasteiger partial charge in [0, 0.05) is 6.07 Å². The summed E-state index contributed by atoms with van der Waals surface area (Å²) in [5, 5.41) is 6.42. The van der Waals surface area contributed by atoms with Gasteiger partial charge in [-0.15, -0.1) is 5.10 Å². The van der Waals surface area contributed by atoms with Crippen LogP contribution in [-0.2, 0) is 14.6 Å². The second-order valence-corrected chi connectivity index (χ2v) is 8.51. The third kappa shape index (κ3) is 3.32. The maximum Gasteiger partial charge on any atom is 0.338 e. The molecule has 0 saturated heterocycles. The lowest BCUT2D eigenvalue weighted by atomic mass is 10.1. The van der Waals surface area contributed by atoms with E-state index in [2.05, 4.69) is 15.3 Å². The van der Waals surface area contributed by atoms with Crippen LogP contribution < -0.4 is 10.3 Å². The van der Waals surface area contributed by atoms with Gasteiger partial charge in [0.05, 0.1) is 35.1 Å². The first-order valence-electron chi connectivity index (χ1n) is 9.25. The van der Waals surface area contributed by atoms with Gasteiger partial charge in [-0.1, -0.05) is 0 Å². The standard InChI is InChI=1S/C20H18N4O6S/c1-4-30-20(26)12-5-8-16(11(2)9-12)31(27,28)19-17-21-18(25)14-7-6-13(29-3)10-15(14)24(17)23-22-19/h5-10,23H,4H2,1-3H3. The van der Waals surface area contributed by atoms with E-state index in [1.54, 1.807) is 32.0 Å². The van der Waals surface area contributed by atoms with Crippen molar-refractivity contribution in [2.45, 2.75) is 23.8 Å². The maximum absolute atomic E-state index is 13.3. The SMILES string of the molecule is CCOC(=O)c1ccc(S(=O)(=O)c2n[nH]n3c2nc(=O)c2ccc(OC)cc23)c(C)c1. The first kappa shape index (κ1) is 20.5. The zero-order chi connectivity index (χ0) is 22.3. The Labute approximate surface area is 176 Å². The van der Waals surface area contributed by atoms with Gasteiger partial charge in [0.25, 0.3) is 5.56 Å². The van der Waals surface area contributed by atoms with Gasteiger partial charge in [0.2, 0.25) is 14.9 Å². The number of hydrogen-bond acceptors (Lipinski definition) is 8. The molecule has 2 aromatic carbocycles. The van der Waals surface area contributed by atoms with Gasteiger partial charge in [-0.2, -0.15) is 4.98 Å². The highest BCUT2D eigenvalue weighted by molar-refractivity contribution is 7.91. The Kier molecular flexibility index (Phi) is 4.97. The normalized spacial score (nSPS) is 11.7. The van der Waals surface area contributed by atoms with Gasteiger partial charge >= 0.3 is 5.97 Å². The highest BCUT2D eigenvalue weighted by Crippen LogP contribution is 2.27. The lowest BCUT2D eigenvalue weighted by molar-refractivity contribution is 0.0526. The van der Waals surface area contributed by atoms with Crippen LogP contribution in [0.1, 0.15) is 22.8 Å². The molecule has 0 unspecified atom stereocenters.